The lowest BCUT2D eigenvalue weighted by molar-refractivity contribution is -0.149. The van der Waals surface area contributed by atoms with Crippen molar-refractivity contribution in [2.24, 2.45) is 16.5 Å². The van der Waals surface area contributed by atoms with Crippen LogP contribution >= 0.6 is 0 Å². The number of amides is 5. The van der Waals surface area contributed by atoms with Crippen LogP contribution in [0.2, 0.25) is 0 Å². The predicted molar refractivity (Wildman–Crippen MR) is 179 cm³/mol. The standard InChI is InChI=1S/C35H38N6O9/c1-39(28(32(45)46)20-41-30(43)26-16-8-9-17-27(26)31(41)44)29(42)19-25(36)15-10-18-40(35(48)50-22-24-13-6-3-7-14-24)33(37)38-34(47)49-21-23-11-4-2-5-12-23/h2-9,11-14,16-17,25,28H,10,15,18-22,36H2,1H3,(H,45,46)(H2,37,38,47)/t25-,28?/m0/s1. The summed E-state index contributed by atoms with van der Waals surface area (Å²) in [6.07, 6.45) is -1.83. The van der Waals surface area contributed by atoms with E-state index in [-0.39, 0.29) is 50.1 Å². The van der Waals surface area contributed by atoms with E-state index in [9.17, 15) is 33.9 Å². The number of fused-ring (bicyclic) bond motifs is 1. The molecule has 5 N–H and O–H groups in total. The van der Waals surface area contributed by atoms with E-state index >= 15 is 0 Å². The molecule has 15 heteroatoms. The molecule has 1 aliphatic heterocycles. The first kappa shape index (κ1) is 36.7. The molecule has 0 spiro atoms. The van der Waals surface area contributed by atoms with Gasteiger partial charge in [0, 0.05) is 26.1 Å². The van der Waals surface area contributed by atoms with Crippen LogP contribution in [0.4, 0.5) is 9.59 Å². The Bertz CT molecular complexity index is 1700. The van der Waals surface area contributed by atoms with E-state index in [1.54, 1.807) is 60.7 Å². The van der Waals surface area contributed by atoms with Crippen LogP contribution in [-0.4, -0.2) is 93.9 Å². The van der Waals surface area contributed by atoms with Crippen LogP contribution < -0.4 is 11.5 Å². The van der Waals surface area contributed by atoms with Crippen molar-refractivity contribution in [2.45, 2.75) is 44.6 Å². The van der Waals surface area contributed by atoms with Crippen LogP contribution in [0.3, 0.4) is 0 Å². The van der Waals surface area contributed by atoms with Crippen molar-refractivity contribution in [1.82, 2.24) is 14.7 Å². The highest BCUT2D eigenvalue weighted by molar-refractivity contribution is 6.21. The number of guanidine groups is 1. The van der Waals surface area contributed by atoms with Crippen molar-refractivity contribution in [3.63, 3.8) is 0 Å². The van der Waals surface area contributed by atoms with E-state index in [1.165, 1.54) is 19.2 Å². The molecule has 50 heavy (non-hydrogen) atoms. The van der Waals surface area contributed by atoms with E-state index in [0.29, 0.717) is 5.56 Å². The number of carboxylic acid groups (broad SMARTS) is 1. The second-order valence-electron chi connectivity index (χ2n) is 11.4. The number of hydrogen-bond donors (Lipinski definition) is 3. The molecule has 1 aliphatic rings. The first-order valence-corrected chi connectivity index (χ1v) is 15.7. The normalized spacial score (nSPS) is 13.6. The number of likely N-dealkylation sites (N-methyl/N-ethyl adjacent to an activating group) is 1. The molecule has 0 saturated heterocycles. The number of carboxylic acids is 1. The Morgan fingerprint density at radius 3 is 1.90 bits per heavy atom. The minimum Gasteiger partial charge on any atom is -0.480 e. The molecule has 1 unspecified atom stereocenters. The maximum absolute atomic E-state index is 13.1. The lowest BCUT2D eigenvalue weighted by Gasteiger charge is -2.28. The molecule has 5 amide bonds. The molecular weight excluding hydrogens is 648 g/mol. The fourth-order valence-corrected chi connectivity index (χ4v) is 5.10. The molecule has 3 aromatic rings. The molecule has 3 aromatic carbocycles. The minimum atomic E-state index is -1.52. The van der Waals surface area contributed by atoms with Gasteiger partial charge in [0.05, 0.1) is 17.7 Å². The fraction of sp³-hybridized carbons (Fsp3) is 0.286. The van der Waals surface area contributed by atoms with Gasteiger partial charge in [-0.1, -0.05) is 72.8 Å². The van der Waals surface area contributed by atoms with Gasteiger partial charge in [-0.15, -0.1) is 4.99 Å². The van der Waals surface area contributed by atoms with Crippen LogP contribution in [0, 0.1) is 0 Å². The number of aliphatic imine (C=N–C) groups is 1. The summed E-state index contributed by atoms with van der Waals surface area (Å²) in [4.78, 5) is 82.6. The smallest absolute Gasteiger partial charge is 0.437 e. The summed E-state index contributed by atoms with van der Waals surface area (Å²) < 4.78 is 10.5. The Kier molecular flexibility index (Phi) is 12.7. The van der Waals surface area contributed by atoms with Gasteiger partial charge in [-0.2, -0.15) is 0 Å². The number of carbonyl (C=O) groups excluding carboxylic acids is 5. The van der Waals surface area contributed by atoms with Crippen molar-refractivity contribution in [1.29, 1.82) is 0 Å². The summed E-state index contributed by atoms with van der Waals surface area (Å²) in [7, 11) is 1.25. The second kappa shape index (κ2) is 17.3. The third-order valence-electron chi connectivity index (χ3n) is 7.89. The topological polar surface area (TPSA) is 215 Å². The molecular formula is C35H38N6O9. The second-order valence-corrected chi connectivity index (χ2v) is 11.4. The molecule has 15 nitrogen and oxygen atoms in total. The van der Waals surface area contributed by atoms with Crippen LogP contribution in [0.15, 0.2) is 89.9 Å². The monoisotopic (exact) mass is 686 g/mol. The Balaban J connectivity index is 1.34. The zero-order valence-corrected chi connectivity index (χ0v) is 27.3. The lowest BCUT2D eigenvalue weighted by Crippen LogP contribution is -2.51. The van der Waals surface area contributed by atoms with E-state index in [2.05, 4.69) is 4.99 Å². The first-order valence-electron chi connectivity index (χ1n) is 15.7. The number of carbonyl (C=O) groups is 6. The number of benzene rings is 3. The number of nitrogens with two attached hydrogens (primary N) is 2. The molecule has 0 aromatic heterocycles. The minimum absolute atomic E-state index is 0.0622. The molecule has 0 fully saturated rings. The number of aliphatic carboxylic acids is 1. The van der Waals surface area contributed by atoms with E-state index in [4.69, 9.17) is 20.9 Å². The van der Waals surface area contributed by atoms with E-state index < -0.39 is 60.5 Å². The maximum Gasteiger partial charge on any atom is 0.437 e. The lowest BCUT2D eigenvalue weighted by atomic mass is 10.1. The number of imide groups is 1. The van der Waals surface area contributed by atoms with Gasteiger partial charge >= 0.3 is 18.2 Å². The molecule has 2 atom stereocenters. The number of rotatable bonds is 14. The van der Waals surface area contributed by atoms with Crippen molar-refractivity contribution in [3.8, 4) is 0 Å². The molecule has 262 valence electrons. The Morgan fingerprint density at radius 1 is 0.840 bits per heavy atom. The van der Waals surface area contributed by atoms with Gasteiger partial charge in [0.1, 0.15) is 19.3 Å². The van der Waals surface area contributed by atoms with Crippen LogP contribution in [-0.2, 0) is 32.3 Å². The Labute approximate surface area is 288 Å². The van der Waals surface area contributed by atoms with Crippen LogP contribution in [0.5, 0.6) is 0 Å². The predicted octanol–water partition coefficient (Wildman–Crippen LogP) is 2.98. The number of nitrogens with zero attached hydrogens (tertiary/aromatic N) is 4. The molecule has 0 aliphatic carbocycles. The molecule has 0 radical (unpaired) electrons. The highest BCUT2D eigenvalue weighted by atomic mass is 16.6. The highest BCUT2D eigenvalue weighted by Gasteiger charge is 2.39. The van der Waals surface area contributed by atoms with Crippen LogP contribution in [0.25, 0.3) is 0 Å². The van der Waals surface area contributed by atoms with Gasteiger partial charge in [0.2, 0.25) is 11.9 Å². The average molecular weight is 687 g/mol. The van der Waals surface area contributed by atoms with Crippen molar-refractivity contribution in [3.05, 3.63) is 107 Å². The van der Waals surface area contributed by atoms with Gasteiger partial charge in [-0.05, 0) is 36.1 Å². The molecule has 1 heterocycles. The molecule has 4 rings (SSSR count). The third-order valence-corrected chi connectivity index (χ3v) is 7.89. The largest absolute Gasteiger partial charge is 0.480 e. The fourth-order valence-electron chi connectivity index (χ4n) is 5.10. The summed E-state index contributed by atoms with van der Waals surface area (Å²) in [5, 5.41) is 9.87. The maximum atomic E-state index is 13.1. The van der Waals surface area contributed by atoms with Gasteiger partial charge in [0.25, 0.3) is 11.8 Å². The van der Waals surface area contributed by atoms with Gasteiger partial charge in [0.15, 0.2) is 0 Å². The van der Waals surface area contributed by atoms with Crippen molar-refractivity contribution in [2.75, 3.05) is 20.1 Å². The summed E-state index contributed by atoms with van der Waals surface area (Å²) in [5.41, 5.74) is 14.0. The van der Waals surface area contributed by atoms with Crippen molar-refractivity contribution >= 4 is 41.8 Å². The van der Waals surface area contributed by atoms with Crippen LogP contribution in [0.1, 0.15) is 51.1 Å². The van der Waals surface area contributed by atoms with Gasteiger partial charge < -0.3 is 30.9 Å². The summed E-state index contributed by atoms with van der Waals surface area (Å²) in [5.74, 6) is -3.81. The average Bonchev–Trinajstić information content (AvgIpc) is 3.35. The van der Waals surface area contributed by atoms with E-state index in [0.717, 1.165) is 20.3 Å². The summed E-state index contributed by atoms with van der Waals surface area (Å²) in [6, 6.07) is 21.6. The SMILES string of the molecule is CN(C(=O)C[C@@H](N)CCCN(C(=O)OCc1ccccc1)/C(N)=N/C(=O)OCc1ccccc1)C(CN1C(=O)c2ccccc2C1=O)C(=O)O. The Hall–Kier alpha value is -6.09. The number of hydrogen-bond acceptors (Lipinski definition) is 9. The Morgan fingerprint density at radius 2 is 1.36 bits per heavy atom. The van der Waals surface area contributed by atoms with E-state index in [1.807, 2.05) is 12.1 Å². The number of ether oxygens (including phenoxy) is 2. The zero-order valence-electron chi connectivity index (χ0n) is 27.3. The summed E-state index contributed by atoms with van der Waals surface area (Å²) >= 11 is 0. The quantitative estimate of drug-likeness (QED) is 0.127. The van der Waals surface area contributed by atoms with Crippen molar-refractivity contribution < 1.29 is 43.3 Å². The third kappa shape index (κ3) is 9.73. The van der Waals surface area contributed by atoms with Gasteiger partial charge in [-0.25, -0.2) is 19.3 Å². The first-order chi connectivity index (χ1) is 24.0. The molecule has 0 bridgehead atoms. The zero-order chi connectivity index (χ0) is 36.2. The molecule has 0 saturated carbocycles. The highest BCUT2D eigenvalue weighted by Crippen LogP contribution is 2.23. The summed E-state index contributed by atoms with van der Waals surface area (Å²) in [6.45, 7) is -0.781. The van der Waals surface area contributed by atoms with Gasteiger partial charge in [-0.3, -0.25) is 19.3 Å².